The van der Waals surface area contributed by atoms with Crippen molar-refractivity contribution in [3.05, 3.63) is 42.1 Å². The number of sulfonamides is 1. The van der Waals surface area contributed by atoms with Crippen LogP contribution in [-0.4, -0.2) is 24.7 Å². The fourth-order valence-electron chi connectivity index (χ4n) is 2.48. The molecule has 0 amide bonds. The highest BCUT2D eigenvalue weighted by molar-refractivity contribution is 7.92. The summed E-state index contributed by atoms with van der Waals surface area (Å²) in [4.78, 5) is 0.353. The van der Waals surface area contributed by atoms with Gasteiger partial charge in [0.15, 0.2) is 0 Å². The zero-order chi connectivity index (χ0) is 14.2. The van der Waals surface area contributed by atoms with Crippen molar-refractivity contribution in [2.24, 2.45) is 0 Å². The Morgan fingerprint density at radius 3 is 2.90 bits per heavy atom. The average Bonchev–Trinajstić information content (AvgIpc) is 2.95. The Morgan fingerprint density at radius 2 is 2.10 bits per heavy atom. The maximum atomic E-state index is 12.8. The van der Waals surface area contributed by atoms with E-state index in [1.807, 2.05) is 13.0 Å². The molecule has 0 saturated carbocycles. The standard InChI is InChI=1S/C14H17N3O2S/c1-2-12-5-3-6-13(11-12)20(18,19)17-10-4-9-16-14(17)7-8-15-16/h3,5-8,11H,2,4,9-10H2,1H3. The number of nitrogens with zero attached hydrogens (tertiary/aromatic N) is 3. The SMILES string of the molecule is CCc1cccc(S(=O)(=O)N2CCCn3nccc32)c1. The van der Waals surface area contributed by atoms with E-state index in [1.54, 1.807) is 35.1 Å². The van der Waals surface area contributed by atoms with Crippen molar-refractivity contribution in [3.63, 3.8) is 0 Å². The van der Waals surface area contributed by atoms with Crippen LogP contribution in [0.2, 0.25) is 0 Å². The van der Waals surface area contributed by atoms with E-state index in [0.717, 1.165) is 24.9 Å². The zero-order valence-electron chi connectivity index (χ0n) is 11.4. The first kappa shape index (κ1) is 13.2. The molecule has 0 atom stereocenters. The van der Waals surface area contributed by atoms with Gasteiger partial charge in [0.1, 0.15) is 5.82 Å². The van der Waals surface area contributed by atoms with Crippen LogP contribution in [0.5, 0.6) is 0 Å². The van der Waals surface area contributed by atoms with Crippen molar-refractivity contribution in [3.8, 4) is 0 Å². The van der Waals surface area contributed by atoms with Crippen LogP contribution >= 0.6 is 0 Å². The highest BCUT2D eigenvalue weighted by Crippen LogP contribution is 2.27. The largest absolute Gasteiger partial charge is 0.265 e. The van der Waals surface area contributed by atoms with Crippen LogP contribution in [0.25, 0.3) is 0 Å². The Bertz CT molecular complexity index is 722. The van der Waals surface area contributed by atoms with Gasteiger partial charge in [0.05, 0.1) is 11.1 Å². The molecular weight excluding hydrogens is 274 g/mol. The monoisotopic (exact) mass is 291 g/mol. The van der Waals surface area contributed by atoms with Crippen molar-refractivity contribution in [2.75, 3.05) is 10.8 Å². The molecule has 0 N–H and O–H groups in total. The van der Waals surface area contributed by atoms with Crippen LogP contribution in [0.1, 0.15) is 18.9 Å². The molecule has 0 spiro atoms. The minimum atomic E-state index is -3.51. The molecule has 0 aliphatic carbocycles. The van der Waals surface area contributed by atoms with Gasteiger partial charge < -0.3 is 0 Å². The third-order valence-electron chi connectivity index (χ3n) is 3.58. The molecule has 106 valence electrons. The Morgan fingerprint density at radius 1 is 1.25 bits per heavy atom. The number of hydrogen-bond donors (Lipinski definition) is 0. The molecule has 2 aromatic rings. The van der Waals surface area contributed by atoms with Crippen LogP contribution in [0.3, 0.4) is 0 Å². The highest BCUT2D eigenvalue weighted by atomic mass is 32.2. The molecule has 0 fully saturated rings. The maximum absolute atomic E-state index is 12.8. The second kappa shape index (κ2) is 4.94. The molecule has 1 aliphatic rings. The van der Waals surface area contributed by atoms with E-state index in [-0.39, 0.29) is 0 Å². The Labute approximate surface area is 118 Å². The molecule has 1 aromatic heterocycles. The van der Waals surface area contributed by atoms with Crippen LogP contribution in [0.15, 0.2) is 41.4 Å². The lowest BCUT2D eigenvalue weighted by atomic mass is 10.2. The summed E-state index contributed by atoms with van der Waals surface area (Å²) in [6.07, 6.45) is 3.24. The third kappa shape index (κ3) is 2.10. The quantitative estimate of drug-likeness (QED) is 0.869. The maximum Gasteiger partial charge on any atom is 0.265 e. The Balaban J connectivity index is 2.05. The first-order chi connectivity index (χ1) is 9.63. The molecule has 5 nitrogen and oxygen atoms in total. The van der Waals surface area contributed by atoms with Gasteiger partial charge in [0, 0.05) is 19.2 Å². The van der Waals surface area contributed by atoms with Gasteiger partial charge in [-0.2, -0.15) is 5.10 Å². The molecule has 0 bridgehead atoms. The number of aromatic nitrogens is 2. The van der Waals surface area contributed by atoms with Gasteiger partial charge in [0.25, 0.3) is 10.0 Å². The third-order valence-corrected chi connectivity index (χ3v) is 5.38. The number of fused-ring (bicyclic) bond motifs is 1. The van der Waals surface area contributed by atoms with E-state index in [2.05, 4.69) is 5.10 Å². The van der Waals surface area contributed by atoms with Gasteiger partial charge >= 0.3 is 0 Å². The lowest BCUT2D eigenvalue weighted by Crippen LogP contribution is -2.37. The molecule has 0 unspecified atom stereocenters. The smallest absolute Gasteiger partial charge is 0.250 e. The summed E-state index contributed by atoms with van der Waals surface area (Å²) >= 11 is 0. The van der Waals surface area contributed by atoms with Crippen molar-refractivity contribution < 1.29 is 8.42 Å². The van der Waals surface area contributed by atoms with Crippen molar-refractivity contribution in [2.45, 2.75) is 31.2 Å². The van der Waals surface area contributed by atoms with Crippen molar-refractivity contribution in [1.82, 2.24) is 9.78 Å². The molecular formula is C14H17N3O2S. The zero-order valence-corrected chi connectivity index (χ0v) is 12.2. The average molecular weight is 291 g/mol. The number of rotatable bonds is 3. The van der Waals surface area contributed by atoms with E-state index in [9.17, 15) is 8.42 Å². The van der Waals surface area contributed by atoms with E-state index in [1.165, 1.54) is 4.31 Å². The number of anilines is 1. The van der Waals surface area contributed by atoms with Gasteiger partial charge in [-0.3, -0.25) is 0 Å². The van der Waals surface area contributed by atoms with Gasteiger partial charge in [-0.1, -0.05) is 19.1 Å². The molecule has 1 aromatic carbocycles. The second-order valence-electron chi connectivity index (χ2n) is 4.84. The van der Waals surface area contributed by atoms with Crippen molar-refractivity contribution in [1.29, 1.82) is 0 Å². The summed E-state index contributed by atoms with van der Waals surface area (Å²) in [7, 11) is -3.51. The van der Waals surface area contributed by atoms with Crippen LogP contribution in [0, 0.1) is 0 Å². The molecule has 2 heterocycles. The fraction of sp³-hybridized carbons (Fsp3) is 0.357. The number of aryl methyl sites for hydroxylation is 2. The summed E-state index contributed by atoms with van der Waals surface area (Å²) in [5.74, 6) is 0.651. The Hall–Kier alpha value is -1.82. The summed E-state index contributed by atoms with van der Waals surface area (Å²) < 4.78 is 28.8. The summed E-state index contributed by atoms with van der Waals surface area (Å²) in [5, 5.41) is 4.16. The first-order valence-electron chi connectivity index (χ1n) is 6.76. The van der Waals surface area contributed by atoms with E-state index < -0.39 is 10.0 Å². The minimum Gasteiger partial charge on any atom is -0.250 e. The van der Waals surface area contributed by atoms with Crippen molar-refractivity contribution >= 4 is 15.8 Å². The molecule has 1 aliphatic heterocycles. The van der Waals surface area contributed by atoms with Gasteiger partial charge in [-0.05, 0) is 30.5 Å². The van der Waals surface area contributed by atoms with Gasteiger partial charge in [-0.25, -0.2) is 17.4 Å². The van der Waals surface area contributed by atoms with Crippen LogP contribution in [0.4, 0.5) is 5.82 Å². The van der Waals surface area contributed by atoms with E-state index in [4.69, 9.17) is 0 Å². The Kier molecular flexibility index (Phi) is 3.25. The fourth-order valence-corrected chi connectivity index (χ4v) is 4.06. The molecule has 6 heteroatoms. The second-order valence-corrected chi connectivity index (χ2v) is 6.71. The van der Waals surface area contributed by atoms with Crippen LogP contribution < -0.4 is 4.31 Å². The summed E-state index contributed by atoms with van der Waals surface area (Å²) in [6, 6.07) is 8.90. The molecule has 0 saturated heterocycles. The summed E-state index contributed by atoms with van der Waals surface area (Å²) in [5.41, 5.74) is 1.02. The lowest BCUT2D eigenvalue weighted by Gasteiger charge is -2.28. The predicted molar refractivity (Wildman–Crippen MR) is 77.2 cm³/mol. The van der Waals surface area contributed by atoms with Gasteiger partial charge in [-0.15, -0.1) is 0 Å². The van der Waals surface area contributed by atoms with Crippen LogP contribution in [-0.2, 0) is 23.0 Å². The van der Waals surface area contributed by atoms with E-state index in [0.29, 0.717) is 17.3 Å². The minimum absolute atomic E-state index is 0.353. The highest BCUT2D eigenvalue weighted by Gasteiger charge is 2.29. The molecule has 20 heavy (non-hydrogen) atoms. The summed E-state index contributed by atoms with van der Waals surface area (Å²) in [6.45, 7) is 3.29. The number of benzene rings is 1. The predicted octanol–water partition coefficient (Wildman–Crippen LogP) is 2.04. The van der Waals surface area contributed by atoms with E-state index >= 15 is 0 Å². The number of hydrogen-bond acceptors (Lipinski definition) is 3. The lowest BCUT2D eigenvalue weighted by molar-refractivity contribution is 0.532. The first-order valence-corrected chi connectivity index (χ1v) is 8.20. The van der Waals surface area contributed by atoms with Gasteiger partial charge in [0.2, 0.25) is 0 Å². The molecule has 3 rings (SSSR count). The normalized spacial score (nSPS) is 15.2. The topological polar surface area (TPSA) is 55.2 Å². The molecule has 0 radical (unpaired) electrons.